The molecule has 2 aliphatic heterocycles. The number of rotatable bonds is 11. The number of amides is 2. The minimum atomic E-state index is -0.826. The number of alkyl halides is 1. The molecule has 15 heteroatoms. The lowest BCUT2D eigenvalue weighted by atomic mass is 10.0. The van der Waals surface area contributed by atoms with E-state index in [1.807, 2.05) is 0 Å². The largest absolute Gasteiger partial charge is 0.497 e. The van der Waals surface area contributed by atoms with Gasteiger partial charge in [-0.05, 0) is 23.3 Å². The second-order valence-electron chi connectivity index (χ2n) is 7.77. The van der Waals surface area contributed by atoms with Gasteiger partial charge in [0.15, 0.2) is 5.13 Å². The van der Waals surface area contributed by atoms with E-state index in [4.69, 9.17) is 31.6 Å². The fraction of sp³-hybridized carbons (Fsp3) is 0.364. The smallest absolute Gasteiger partial charge is 0.355 e. The summed E-state index contributed by atoms with van der Waals surface area (Å²) in [5.74, 6) is 0.00485. The lowest BCUT2D eigenvalue weighted by Crippen LogP contribution is -2.70. The molecule has 0 unspecified atom stereocenters. The van der Waals surface area contributed by atoms with Gasteiger partial charge in [0.05, 0.1) is 7.11 Å². The summed E-state index contributed by atoms with van der Waals surface area (Å²) in [6.07, 6.45) is 1.32. The molecule has 2 atom stereocenters. The normalized spacial score (nSPS) is 18.9. The number of methoxy groups -OCH3 is 1. The van der Waals surface area contributed by atoms with Gasteiger partial charge in [0, 0.05) is 29.6 Å². The number of anilines is 1. The fourth-order valence-electron chi connectivity index (χ4n) is 3.55. The lowest BCUT2D eigenvalue weighted by Gasteiger charge is -2.49. The number of nitrogens with zero attached hydrogens (tertiary/aromatic N) is 4. The minimum Gasteiger partial charge on any atom is -0.497 e. The van der Waals surface area contributed by atoms with Crippen LogP contribution in [-0.4, -0.2) is 75.0 Å². The van der Waals surface area contributed by atoms with Gasteiger partial charge in [0.25, 0.3) is 11.8 Å². The number of nitrogens with two attached hydrogens (primary N) is 1. The van der Waals surface area contributed by atoms with Crippen molar-refractivity contribution in [1.82, 2.24) is 19.6 Å². The fourth-order valence-corrected chi connectivity index (χ4v) is 5.70. The molecule has 1 fully saturated rings. The maximum atomic E-state index is 12.9. The number of halogens is 1. The van der Waals surface area contributed by atoms with Crippen LogP contribution < -0.4 is 15.8 Å². The van der Waals surface area contributed by atoms with E-state index < -0.39 is 29.2 Å². The predicted octanol–water partition coefficient (Wildman–Crippen LogP) is 1.31. The first kappa shape index (κ1) is 26.7. The van der Waals surface area contributed by atoms with Crippen molar-refractivity contribution in [2.24, 2.45) is 5.16 Å². The third-order valence-electron chi connectivity index (χ3n) is 5.37. The number of carbonyl (C=O) groups is 3. The topological polar surface area (TPSA) is 158 Å². The molecule has 4 rings (SSSR count). The zero-order valence-corrected chi connectivity index (χ0v) is 22.0. The Balaban J connectivity index is 1.29. The highest BCUT2D eigenvalue weighted by Gasteiger charge is 2.54. The number of esters is 1. The quantitative estimate of drug-likeness (QED) is 0.101. The summed E-state index contributed by atoms with van der Waals surface area (Å²) in [5, 5.41) is 6.09. The Labute approximate surface area is 225 Å². The summed E-state index contributed by atoms with van der Waals surface area (Å²) in [5.41, 5.74) is 6.98. The second-order valence-corrected chi connectivity index (χ2v) is 9.93. The third-order valence-corrected chi connectivity index (χ3v) is 7.62. The first-order valence-corrected chi connectivity index (χ1v) is 13.3. The molecular weight excluding hydrogens is 544 g/mol. The van der Waals surface area contributed by atoms with E-state index in [0.29, 0.717) is 34.5 Å². The van der Waals surface area contributed by atoms with E-state index in [1.165, 1.54) is 16.7 Å². The molecule has 3 N–H and O–H groups in total. The minimum absolute atomic E-state index is 0.0181. The zero-order valence-electron chi connectivity index (χ0n) is 19.6. The van der Waals surface area contributed by atoms with E-state index in [0.717, 1.165) is 23.3 Å². The van der Waals surface area contributed by atoms with Gasteiger partial charge in [0.1, 0.15) is 48.1 Å². The van der Waals surface area contributed by atoms with Gasteiger partial charge in [-0.3, -0.25) is 14.5 Å². The Morgan fingerprint density at radius 1 is 1.35 bits per heavy atom. The summed E-state index contributed by atoms with van der Waals surface area (Å²) in [6, 6.07) is 6.25. The number of nitrogens with one attached hydrogen (secondary N) is 1. The maximum absolute atomic E-state index is 12.9. The number of benzene rings is 1. The molecule has 196 valence electrons. The van der Waals surface area contributed by atoms with Crippen molar-refractivity contribution < 1.29 is 28.7 Å². The van der Waals surface area contributed by atoms with Gasteiger partial charge in [-0.15, -0.1) is 23.4 Å². The molecular formula is C22H23ClN6O6S2. The Morgan fingerprint density at radius 2 is 2.14 bits per heavy atom. The number of aromatic nitrogens is 2. The number of thioether (sulfide) groups is 1. The highest BCUT2D eigenvalue weighted by atomic mass is 35.5. The molecule has 2 amide bonds. The van der Waals surface area contributed by atoms with Crippen molar-refractivity contribution in [3.63, 3.8) is 0 Å². The van der Waals surface area contributed by atoms with Crippen LogP contribution >= 0.6 is 34.9 Å². The van der Waals surface area contributed by atoms with Crippen molar-refractivity contribution in [2.75, 3.05) is 31.1 Å². The standard InChI is InChI=1S/C22H23ClN6O6S2/c1-33-14-4-2-12(3-5-14)10-34-21(32)18-13(8-23)11-36-20-17(19(31)29(18)20)27-16(30)9-25-35-7-6-15-26-22(24)37-28-15/h2-5,9,17,20H,6-8,10-11H2,1H3,(H,27,30)(H2,24,26,28)/t17-,20-/m1/s1. The summed E-state index contributed by atoms with van der Waals surface area (Å²) >= 11 is 8.53. The molecule has 0 saturated carbocycles. The van der Waals surface area contributed by atoms with E-state index >= 15 is 0 Å². The summed E-state index contributed by atoms with van der Waals surface area (Å²) in [6.45, 7) is 0.173. The molecule has 0 aliphatic carbocycles. The highest BCUT2D eigenvalue weighted by Crippen LogP contribution is 2.41. The van der Waals surface area contributed by atoms with Gasteiger partial charge in [-0.1, -0.05) is 17.3 Å². The Hall–Kier alpha value is -3.36. The first-order valence-electron chi connectivity index (χ1n) is 11.0. The van der Waals surface area contributed by atoms with Crippen molar-refractivity contribution in [1.29, 1.82) is 0 Å². The molecule has 12 nitrogen and oxygen atoms in total. The Morgan fingerprint density at radius 3 is 2.81 bits per heavy atom. The molecule has 0 radical (unpaired) electrons. The number of hydrogen-bond acceptors (Lipinski definition) is 12. The van der Waals surface area contributed by atoms with Crippen LogP contribution in [0.4, 0.5) is 5.13 Å². The van der Waals surface area contributed by atoms with Crippen molar-refractivity contribution in [3.8, 4) is 5.75 Å². The summed E-state index contributed by atoms with van der Waals surface area (Å²) in [4.78, 5) is 48.4. The number of β-lactam (4-membered cyclic amide) rings is 1. The average Bonchev–Trinajstić information content (AvgIpc) is 3.34. The number of hydrogen-bond donors (Lipinski definition) is 2. The van der Waals surface area contributed by atoms with Crippen LogP contribution in [0.3, 0.4) is 0 Å². The summed E-state index contributed by atoms with van der Waals surface area (Å²) in [7, 11) is 1.56. The molecule has 1 aromatic carbocycles. The molecule has 2 aliphatic rings. The van der Waals surface area contributed by atoms with Crippen LogP contribution in [-0.2, 0) is 37.0 Å². The van der Waals surface area contributed by atoms with Crippen LogP contribution in [0.15, 0.2) is 40.7 Å². The van der Waals surface area contributed by atoms with E-state index in [2.05, 4.69) is 19.8 Å². The summed E-state index contributed by atoms with van der Waals surface area (Å²) < 4.78 is 14.6. The number of fused-ring (bicyclic) bond motifs is 1. The number of ether oxygens (including phenoxy) is 2. The van der Waals surface area contributed by atoms with Crippen molar-refractivity contribution >= 4 is 64.0 Å². The molecule has 1 aromatic heterocycles. The van der Waals surface area contributed by atoms with E-state index in [9.17, 15) is 14.4 Å². The number of nitrogen functional groups attached to an aromatic ring is 1. The first-order chi connectivity index (χ1) is 17.9. The van der Waals surface area contributed by atoms with Crippen LogP contribution in [0.25, 0.3) is 0 Å². The monoisotopic (exact) mass is 566 g/mol. The molecule has 2 aromatic rings. The highest BCUT2D eigenvalue weighted by molar-refractivity contribution is 8.00. The SMILES string of the molecule is COc1ccc(COC(=O)C2=C(CCl)CS[C@@H]3[C@H](NC(=O)C=NOCCc4nsc(N)n4)C(=O)N23)cc1. The van der Waals surface area contributed by atoms with Gasteiger partial charge in [-0.25, -0.2) is 9.78 Å². The van der Waals surface area contributed by atoms with Crippen LogP contribution in [0.5, 0.6) is 5.75 Å². The van der Waals surface area contributed by atoms with E-state index in [-0.39, 0.29) is 24.8 Å². The van der Waals surface area contributed by atoms with Gasteiger partial charge in [0.2, 0.25) is 0 Å². The number of oxime groups is 1. The predicted molar refractivity (Wildman–Crippen MR) is 138 cm³/mol. The molecule has 0 bridgehead atoms. The Kier molecular flexibility index (Phi) is 8.84. The molecule has 3 heterocycles. The van der Waals surface area contributed by atoms with Gasteiger partial charge < -0.3 is 25.4 Å². The van der Waals surface area contributed by atoms with Crippen molar-refractivity contribution in [3.05, 3.63) is 46.9 Å². The molecule has 1 saturated heterocycles. The molecule has 0 spiro atoms. The van der Waals surface area contributed by atoms with Gasteiger partial charge in [-0.2, -0.15) is 4.37 Å². The molecule has 37 heavy (non-hydrogen) atoms. The average molecular weight is 567 g/mol. The zero-order chi connectivity index (χ0) is 26.4. The van der Waals surface area contributed by atoms with Crippen LogP contribution in [0.1, 0.15) is 11.4 Å². The lowest BCUT2D eigenvalue weighted by molar-refractivity contribution is -0.153. The Bertz CT molecular complexity index is 1220. The van der Waals surface area contributed by atoms with E-state index in [1.54, 1.807) is 31.4 Å². The van der Waals surface area contributed by atoms with Gasteiger partial charge >= 0.3 is 5.97 Å². The van der Waals surface area contributed by atoms with Crippen LogP contribution in [0, 0.1) is 0 Å². The van der Waals surface area contributed by atoms with Crippen LogP contribution in [0.2, 0.25) is 0 Å². The third kappa shape index (κ3) is 6.32. The second kappa shape index (κ2) is 12.3. The maximum Gasteiger partial charge on any atom is 0.355 e. The number of carbonyl (C=O) groups excluding carboxylic acids is 3. The van der Waals surface area contributed by atoms with Crippen molar-refractivity contribution in [2.45, 2.75) is 24.4 Å².